The van der Waals surface area contributed by atoms with E-state index in [1.165, 1.54) is 14.2 Å². The predicted molar refractivity (Wildman–Crippen MR) is 85.2 cm³/mol. The topological polar surface area (TPSA) is 89.8 Å². The van der Waals surface area contributed by atoms with Crippen LogP contribution < -0.4 is 20.1 Å². The molecule has 118 valence electrons. The zero-order valence-electron chi connectivity index (χ0n) is 12.6. The van der Waals surface area contributed by atoms with E-state index in [0.29, 0.717) is 28.8 Å². The van der Waals surface area contributed by atoms with Gasteiger partial charge in [-0.05, 0) is 12.1 Å². The number of nitrogens with one attached hydrogen (secondary N) is 2. The van der Waals surface area contributed by atoms with Crippen LogP contribution in [0.25, 0.3) is 5.65 Å². The van der Waals surface area contributed by atoms with Crippen molar-refractivity contribution in [2.45, 2.75) is 0 Å². The molecule has 2 amide bonds. The second-order valence-electron chi connectivity index (χ2n) is 4.57. The van der Waals surface area contributed by atoms with Crippen LogP contribution in [0.15, 0.2) is 42.9 Å². The fourth-order valence-electron chi connectivity index (χ4n) is 2.12. The quantitative estimate of drug-likeness (QED) is 0.772. The Kier molecular flexibility index (Phi) is 3.96. The Bertz CT molecular complexity index is 846. The van der Waals surface area contributed by atoms with Crippen LogP contribution in [0.1, 0.15) is 0 Å². The predicted octanol–water partition coefficient (Wildman–Crippen LogP) is 2.39. The Hall–Kier alpha value is -3.29. The highest BCUT2D eigenvalue weighted by Crippen LogP contribution is 2.23. The summed E-state index contributed by atoms with van der Waals surface area (Å²) < 4.78 is 12.1. The molecule has 23 heavy (non-hydrogen) atoms. The molecule has 0 fully saturated rings. The number of carbonyl (C=O) groups excluding carboxylic acids is 1. The summed E-state index contributed by atoms with van der Waals surface area (Å²) in [4.78, 5) is 20.5. The second kappa shape index (κ2) is 6.22. The number of nitrogens with zero attached hydrogens (tertiary/aromatic N) is 3. The number of methoxy groups -OCH3 is 2. The van der Waals surface area contributed by atoms with Crippen molar-refractivity contribution in [1.82, 2.24) is 14.4 Å². The number of imidazole rings is 1. The van der Waals surface area contributed by atoms with Gasteiger partial charge in [0.15, 0.2) is 5.82 Å². The summed E-state index contributed by atoms with van der Waals surface area (Å²) in [6, 6.07) is 6.68. The van der Waals surface area contributed by atoms with Crippen LogP contribution in [-0.4, -0.2) is 34.6 Å². The van der Waals surface area contributed by atoms with Crippen LogP contribution >= 0.6 is 0 Å². The van der Waals surface area contributed by atoms with Crippen LogP contribution in [-0.2, 0) is 0 Å². The maximum atomic E-state index is 12.1. The van der Waals surface area contributed by atoms with Crippen molar-refractivity contribution in [2.75, 3.05) is 24.9 Å². The van der Waals surface area contributed by atoms with Crippen LogP contribution in [0, 0.1) is 0 Å². The number of carbonyl (C=O) groups is 1. The standard InChI is InChI=1S/C15H15N5O3/c1-22-11-6-4-3-5-10(11)17-15(21)19-12-9-20-8-7-16-13(20)14(18-12)23-2/h3-9H,1-2H3,(H2,17,19,21). The lowest BCUT2D eigenvalue weighted by Crippen LogP contribution is -2.21. The maximum absolute atomic E-state index is 12.1. The normalized spacial score (nSPS) is 10.3. The summed E-state index contributed by atoms with van der Waals surface area (Å²) in [5, 5.41) is 5.36. The molecule has 0 saturated carbocycles. The van der Waals surface area contributed by atoms with Gasteiger partial charge in [-0.2, -0.15) is 4.98 Å². The van der Waals surface area contributed by atoms with Gasteiger partial charge in [0, 0.05) is 12.4 Å². The van der Waals surface area contributed by atoms with Gasteiger partial charge in [0.2, 0.25) is 5.65 Å². The molecule has 0 atom stereocenters. The average molecular weight is 313 g/mol. The van der Waals surface area contributed by atoms with E-state index >= 15 is 0 Å². The zero-order chi connectivity index (χ0) is 16.2. The summed E-state index contributed by atoms with van der Waals surface area (Å²) in [5.41, 5.74) is 1.13. The second-order valence-corrected chi connectivity index (χ2v) is 4.57. The van der Waals surface area contributed by atoms with Gasteiger partial charge < -0.3 is 14.8 Å². The number of para-hydroxylation sites is 2. The molecule has 2 heterocycles. The van der Waals surface area contributed by atoms with Crippen LogP contribution in [0.3, 0.4) is 0 Å². The number of hydrogen-bond acceptors (Lipinski definition) is 5. The van der Waals surface area contributed by atoms with Gasteiger partial charge in [0.1, 0.15) is 5.75 Å². The fraction of sp³-hybridized carbons (Fsp3) is 0.133. The fourth-order valence-corrected chi connectivity index (χ4v) is 2.12. The Morgan fingerprint density at radius 2 is 2.00 bits per heavy atom. The number of anilines is 2. The third-order valence-electron chi connectivity index (χ3n) is 3.13. The molecule has 0 aliphatic heterocycles. The summed E-state index contributed by atoms with van der Waals surface area (Å²) >= 11 is 0. The zero-order valence-corrected chi connectivity index (χ0v) is 12.6. The van der Waals surface area contributed by atoms with E-state index in [9.17, 15) is 4.79 Å². The van der Waals surface area contributed by atoms with Crippen molar-refractivity contribution >= 4 is 23.2 Å². The first kappa shape index (κ1) is 14.6. The summed E-state index contributed by atoms with van der Waals surface area (Å²) in [5.74, 6) is 1.23. The first-order valence-corrected chi connectivity index (χ1v) is 6.80. The van der Waals surface area contributed by atoms with E-state index in [1.807, 2.05) is 6.07 Å². The average Bonchev–Trinajstić information content (AvgIpc) is 3.03. The number of fused-ring (bicyclic) bond motifs is 1. The third-order valence-corrected chi connectivity index (χ3v) is 3.13. The molecule has 0 aliphatic carbocycles. The van der Waals surface area contributed by atoms with E-state index < -0.39 is 6.03 Å². The number of hydrogen-bond donors (Lipinski definition) is 2. The Labute approximate surface area is 132 Å². The lowest BCUT2D eigenvalue weighted by Gasteiger charge is -2.11. The van der Waals surface area contributed by atoms with E-state index in [4.69, 9.17) is 9.47 Å². The van der Waals surface area contributed by atoms with Crippen molar-refractivity contribution in [1.29, 1.82) is 0 Å². The van der Waals surface area contributed by atoms with Crippen LogP contribution in [0.4, 0.5) is 16.3 Å². The minimum Gasteiger partial charge on any atom is -0.495 e. The molecule has 1 aromatic carbocycles. The first-order chi connectivity index (χ1) is 11.2. The highest BCUT2D eigenvalue weighted by Gasteiger charge is 2.11. The van der Waals surface area contributed by atoms with Gasteiger partial charge in [0.05, 0.1) is 26.1 Å². The lowest BCUT2D eigenvalue weighted by atomic mass is 10.3. The molecule has 3 aromatic rings. The molecule has 3 rings (SSSR count). The van der Waals surface area contributed by atoms with Gasteiger partial charge in [-0.15, -0.1) is 0 Å². The molecule has 2 aromatic heterocycles. The summed E-state index contributed by atoms with van der Waals surface area (Å²) in [6.45, 7) is 0. The molecule has 8 nitrogen and oxygen atoms in total. The number of amides is 2. The molecular weight excluding hydrogens is 298 g/mol. The maximum Gasteiger partial charge on any atom is 0.325 e. The molecule has 0 bridgehead atoms. The third kappa shape index (κ3) is 3.00. The van der Waals surface area contributed by atoms with E-state index in [0.717, 1.165) is 0 Å². The van der Waals surface area contributed by atoms with E-state index in [-0.39, 0.29) is 0 Å². The number of urea groups is 1. The van der Waals surface area contributed by atoms with Crippen LogP contribution in [0.2, 0.25) is 0 Å². The van der Waals surface area contributed by atoms with Gasteiger partial charge in [-0.1, -0.05) is 12.1 Å². The Balaban J connectivity index is 1.80. The molecule has 0 spiro atoms. The Morgan fingerprint density at radius 3 is 2.78 bits per heavy atom. The molecule has 0 radical (unpaired) electrons. The molecule has 2 N–H and O–H groups in total. The largest absolute Gasteiger partial charge is 0.495 e. The monoisotopic (exact) mass is 313 g/mol. The van der Waals surface area contributed by atoms with Gasteiger partial charge >= 0.3 is 6.03 Å². The molecule has 0 unspecified atom stereocenters. The summed E-state index contributed by atoms with van der Waals surface area (Å²) in [7, 11) is 3.04. The van der Waals surface area contributed by atoms with Gasteiger partial charge in [-0.3, -0.25) is 9.72 Å². The van der Waals surface area contributed by atoms with Crippen molar-refractivity contribution in [3.8, 4) is 11.6 Å². The van der Waals surface area contributed by atoms with E-state index in [1.54, 1.807) is 41.2 Å². The number of benzene rings is 1. The number of ether oxygens (including phenoxy) is 2. The SMILES string of the molecule is COc1ccccc1NC(=O)Nc1cn2ccnc2c(OC)n1. The minimum atomic E-state index is -0.441. The first-order valence-electron chi connectivity index (χ1n) is 6.80. The molecule has 0 saturated heterocycles. The molecule has 8 heteroatoms. The lowest BCUT2D eigenvalue weighted by molar-refractivity contribution is 0.262. The van der Waals surface area contributed by atoms with E-state index in [2.05, 4.69) is 20.6 Å². The molecule has 0 aliphatic rings. The molecular formula is C15H15N5O3. The number of rotatable bonds is 4. The van der Waals surface area contributed by atoms with Crippen molar-refractivity contribution < 1.29 is 14.3 Å². The number of aromatic nitrogens is 3. The smallest absolute Gasteiger partial charge is 0.325 e. The summed E-state index contributed by atoms with van der Waals surface area (Å²) in [6.07, 6.45) is 5.01. The Morgan fingerprint density at radius 1 is 1.17 bits per heavy atom. The van der Waals surface area contributed by atoms with Gasteiger partial charge in [0.25, 0.3) is 5.88 Å². The van der Waals surface area contributed by atoms with Crippen molar-refractivity contribution in [2.24, 2.45) is 0 Å². The van der Waals surface area contributed by atoms with Crippen molar-refractivity contribution in [3.05, 3.63) is 42.9 Å². The highest BCUT2D eigenvalue weighted by atomic mass is 16.5. The van der Waals surface area contributed by atoms with Gasteiger partial charge in [-0.25, -0.2) is 9.78 Å². The minimum absolute atomic E-state index is 0.324. The van der Waals surface area contributed by atoms with Crippen molar-refractivity contribution in [3.63, 3.8) is 0 Å². The van der Waals surface area contributed by atoms with Crippen LogP contribution in [0.5, 0.6) is 11.6 Å². The highest BCUT2D eigenvalue weighted by molar-refractivity contribution is 6.00.